The number of benzene rings is 12. The van der Waals surface area contributed by atoms with Gasteiger partial charge >= 0.3 is 0 Å². The third-order valence-corrected chi connectivity index (χ3v) is 13.9. The van der Waals surface area contributed by atoms with E-state index in [-0.39, 0.29) is 0 Å². The van der Waals surface area contributed by atoms with Crippen molar-refractivity contribution < 1.29 is 0 Å². The molecule has 0 N–H and O–H groups in total. The minimum atomic E-state index is 1.21. The molecule has 0 saturated carbocycles. The van der Waals surface area contributed by atoms with Gasteiger partial charge in [0.15, 0.2) is 0 Å². The largest absolute Gasteiger partial charge is 0.0622 e. The van der Waals surface area contributed by atoms with E-state index in [0.717, 1.165) is 0 Å². The molecule has 12 aromatic carbocycles. The normalized spacial score (nSPS) is 12.2. The molecule has 0 heterocycles. The van der Waals surface area contributed by atoms with Crippen LogP contribution in [0.4, 0.5) is 0 Å². The predicted molar refractivity (Wildman–Crippen MR) is 265 cm³/mol. The van der Waals surface area contributed by atoms with Crippen molar-refractivity contribution in [2.45, 2.75) is 0 Å². The molecule has 0 bridgehead atoms. The molecule has 12 aromatic rings. The van der Waals surface area contributed by atoms with Gasteiger partial charge in [0.2, 0.25) is 0 Å². The van der Waals surface area contributed by atoms with Crippen LogP contribution in [0.3, 0.4) is 0 Å². The first-order valence-electron chi connectivity index (χ1n) is 21.7. The summed E-state index contributed by atoms with van der Waals surface area (Å²) in [6, 6.07) is 82.0. The molecule has 2 aliphatic carbocycles. The molecule has 0 radical (unpaired) electrons. The first-order chi connectivity index (χ1) is 30.8. The maximum absolute atomic E-state index is 2.54. The lowest BCUT2D eigenvalue weighted by molar-refractivity contribution is 1.63. The molecule has 0 aliphatic heterocycles. The Kier molecular flexibility index (Phi) is 6.92. The second kappa shape index (κ2) is 12.7. The van der Waals surface area contributed by atoms with Crippen molar-refractivity contribution in [1.29, 1.82) is 0 Å². The van der Waals surface area contributed by atoms with Gasteiger partial charge in [-0.1, -0.05) is 194 Å². The third-order valence-electron chi connectivity index (χ3n) is 13.9. The van der Waals surface area contributed by atoms with Gasteiger partial charge in [-0.25, -0.2) is 0 Å². The van der Waals surface area contributed by atoms with E-state index in [9.17, 15) is 0 Å². The first-order valence-corrected chi connectivity index (χ1v) is 21.7. The van der Waals surface area contributed by atoms with Crippen LogP contribution in [0.1, 0.15) is 0 Å². The molecule has 0 nitrogen and oxygen atoms in total. The van der Waals surface area contributed by atoms with Crippen molar-refractivity contribution in [2.24, 2.45) is 0 Å². The van der Waals surface area contributed by atoms with Gasteiger partial charge in [-0.05, 0) is 167 Å². The molecule has 14 rings (SSSR count). The number of rotatable bonds is 4. The average Bonchev–Trinajstić information content (AvgIpc) is 3.84. The summed E-state index contributed by atoms with van der Waals surface area (Å²) in [6.45, 7) is 0. The van der Waals surface area contributed by atoms with Crippen LogP contribution in [0.25, 0.3) is 143 Å². The van der Waals surface area contributed by atoms with Crippen molar-refractivity contribution in [2.75, 3.05) is 0 Å². The van der Waals surface area contributed by atoms with Crippen LogP contribution >= 0.6 is 0 Å². The maximum Gasteiger partial charge on any atom is -0.00137 e. The molecule has 2 aliphatic rings. The molecule has 0 heteroatoms. The van der Waals surface area contributed by atoms with Gasteiger partial charge in [0, 0.05) is 0 Å². The Morgan fingerprint density at radius 1 is 0.177 bits per heavy atom. The van der Waals surface area contributed by atoms with Gasteiger partial charge in [0.1, 0.15) is 0 Å². The molecule has 0 atom stereocenters. The average molecular weight is 781 g/mol. The number of hydrogen-bond donors (Lipinski definition) is 0. The van der Waals surface area contributed by atoms with Gasteiger partial charge in [-0.3, -0.25) is 0 Å². The van der Waals surface area contributed by atoms with Crippen LogP contribution in [0.5, 0.6) is 0 Å². The Labute approximate surface area is 359 Å². The molecule has 0 unspecified atom stereocenters. The molecule has 0 fully saturated rings. The molecule has 62 heavy (non-hydrogen) atoms. The first kappa shape index (κ1) is 33.7. The van der Waals surface area contributed by atoms with Crippen molar-refractivity contribution in [1.82, 2.24) is 0 Å². The monoisotopic (exact) mass is 780 g/mol. The van der Waals surface area contributed by atoms with E-state index in [1.165, 1.54) is 143 Å². The zero-order valence-electron chi connectivity index (χ0n) is 33.8. The summed E-state index contributed by atoms with van der Waals surface area (Å²) in [5, 5.41) is 12.9. The third kappa shape index (κ3) is 4.56. The van der Waals surface area contributed by atoms with E-state index in [4.69, 9.17) is 0 Å². The fourth-order valence-corrected chi connectivity index (χ4v) is 11.4. The SMILES string of the molecule is c1ccc(-c2c3c(cc4c2cc(-c2ccccc2)c2c5cc6c(c(-c7ccccc7)c5cc(-c5ccccc5)c42)-c2cccc4cccc-6c24)-c2cccc4cccc-3c24)cc1. The summed E-state index contributed by atoms with van der Waals surface area (Å²) in [5.41, 5.74) is 20.5. The van der Waals surface area contributed by atoms with E-state index in [1.54, 1.807) is 0 Å². The van der Waals surface area contributed by atoms with Crippen molar-refractivity contribution in [3.8, 4) is 89.0 Å². The summed E-state index contributed by atoms with van der Waals surface area (Å²) in [4.78, 5) is 0. The lowest BCUT2D eigenvalue weighted by atomic mass is 9.79. The molecule has 0 aromatic heterocycles. The zero-order chi connectivity index (χ0) is 40.5. The van der Waals surface area contributed by atoms with E-state index < -0.39 is 0 Å². The van der Waals surface area contributed by atoms with E-state index in [2.05, 4.69) is 218 Å². The number of fused-ring (bicyclic) bond motifs is 11. The van der Waals surface area contributed by atoms with Crippen LogP contribution in [0.15, 0.2) is 218 Å². The second-order valence-electron chi connectivity index (χ2n) is 17.0. The summed E-state index contributed by atoms with van der Waals surface area (Å²) < 4.78 is 0. The van der Waals surface area contributed by atoms with Crippen LogP contribution in [0.2, 0.25) is 0 Å². The molecule has 0 saturated heterocycles. The zero-order valence-corrected chi connectivity index (χ0v) is 33.8. The topological polar surface area (TPSA) is 0 Å². The molecular weight excluding hydrogens is 745 g/mol. The highest BCUT2D eigenvalue weighted by Crippen LogP contribution is 2.59. The van der Waals surface area contributed by atoms with Gasteiger partial charge in [0.25, 0.3) is 0 Å². The summed E-state index contributed by atoms with van der Waals surface area (Å²) in [6.07, 6.45) is 0. The molecule has 0 amide bonds. The highest BCUT2D eigenvalue weighted by atomic mass is 14.3. The van der Waals surface area contributed by atoms with Gasteiger partial charge < -0.3 is 0 Å². The van der Waals surface area contributed by atoms with Crippen LogP contribution < -0.4 is 0 Å². The highest BCUT2D eigenvalue weighted by molar-refractivity contribution is 6.35. The fourth-order valence-electron chi connectivity index (χ4n) is 11.4. The van der Waals surface area contributed by atoms with E-state index >= 15 is 0 Å². The molecule has 284 valence electrons. The summed E-state index contributed by atoms with van der Waals surface area (Å²) >= 11 is 0. The van der Waals surface area contributed by atoms with Crippen molar-refractivity contribution >= 4 is 53.9 Å². The standard InChI is InChI=1S/C62H36/c1-5-17-37(18-6-1)47-33-51-54(36-50-44-30-14-26-40-27-15-31-45(56(40)44)59(50)57(51)41-21-9-3-10-22-41)62-48(38-19-7-2-8-20-38)34-52-53(61(47)62)35-49-43-29-13-25-39-28-16-32-46(55(39)43)60(49)58(52)42-23-11-4-12-24-42/h1-36H. The summed E-state index contributed by atoms with van der Waals surface area (Å²) in [7, 11) is 0. The van der Waals surface area contributed by atoms with E-state index in [0.29, 0.717) is 0 Å². The molecule has 0 spiro atoms. The second-order valence-corrected chi connectivity index (χ2v) is 17.0. The van der Waals surface area contributed by atoms with Crippen LogP contribution in [0, 0.1) is 0 Å². The fraction of sp³-hybridized carbons (Fsp3) is 0. The Bertz CT molecular complexity index is 3590. The Balaban J connectivity index is 1.27. The van der Waals surface area contributed by atoms with Gasteiger partial charge in [0.05, 0.1) is 0 Å². The Morgan fingerprint density at radius 2 is 0.500 bits per heavy atom. The lowest BCUT2D eigenvalue weighted by Crippen LogP contribution is -1.96. The lowest BCUT2D eigenvalue weighted by Gasteiger charge is -2.24. The van der Waals surface area contributed by atoms with Crippen molar-refractivity contribution in [3.63, 3.8) is 0 Å². The van der Waals surface area contributed by atoms with Crippen LogP contribution in [-0.2, 0) is 0 Å². The smallest absolute Gasteiger partial charge is 0.00137 e. The minimum Gasteiger partial charge on any atom is -0.0622 e. The van der Waals surface area contributed by atoms with Crippen LogP contribution in [-0.4, -0.2) is 0 Å². The summed E-state index contributed by atoms with van der Waals surface area (Å²) in [5.74, 6) is 0. The maximum atomic E-state index is 2.54. The Hall–Kier alpha value is -8.06. The minimum absolute atomic E-state index is 1.21. The highest BCUT2D eigenvalue weighted by Gasteiger charge is 2.31. The Morgan fingerprint density at radius 3 is 0.871 bits per heavy atom. The van der Waals surface area contributed by atoms with Gasteiger partial charge in [-0.15, -0.1) is 0 Å². The molecular formula is C62H36. The van der Waals surface area contributed by atoms with Crippen molar-refractivity contribution in [3.05, 3.63) is 218 Å². The van der Waals surface area contributed by atoms with E-state index in [1.807, 2.05) is 0 Å². The van der Waals surface area contributed by atoms with Gasteiger partial charge in [-0.2, -0.15) is 0 Å². The number of hydrogen-bond acceptors (Lipinski definition) is 0. The quantitative estimate of drug-likeness (QED) is 0.156. The predicted octanol–water partition coefficient (Wildman–Crippen LogP) is 17.4.